The van der Waals surface area contributed by atoms with Crippen molar-refractivity contribution in [3.8, 4) is 11.3 Å². The molecule has 1 N–H and O–H groups in total. The van der Waals surface area contributed by atoms with E-state index in [9.17, 15) is 4.79 Å². The number of pyridine rings is 1. The van der Waals surface area contributed by atoms with E-state index in [1.807, 2.05) is 55.5 Å². The maximum atomic E-state index is 13.1. The summed E-state index contributed by atoms with van der Waals surface area (Å²) < 4.78 is 0. The van der Waals surface area contributed by atoms with Crippen LogP contribution in [0.15, 0.2) is 79.3 Å². The number of hydrogen-bond acceptors (Lipinski definition) is 6. The van der Waals surface area contributed by atoms with Crippen molar-refractivity contribution >= 4 is 17.3 Å². The number of hydrogen-bond donors (Lipinski definition) is 1. The molecule has 2 aromatic carbocycles. The van der Waals surface area contributed by atoms with Crippen LogP contribution in [0.4, 0.5) is 11.4 Å². The molecule has 5 rings (SSSR count). The molecule has 0 atom stereocenters. The first-order valence-electron chi connectivity index (χ1n) is 12.8. The van der Waals surface area contributed by atoms with E-state index in [4.69, 9.17) is 4.98 Å². The van der Waals surface area contributed by atoms with Gasteiger partial charge in [0.2, 0.25) is 0 Å². The number of amides is 1. The SMILES string of the molecule is CCN1CCN(c2ccc(NC(=O)c3ccc(C)c(Cc4nccc(-c5cccnc5)n4)c3)cc2)CC1. The van der Waals surface area contributed by atoms with Crippen molar-refractivity contribution in [3.05, 3.63) is 102 Å². The Labute approximate surface area is 218 Å². The summed E-state index contributed by atoms with van der Waals surface area (Å²) in [5.74, 6) is 0.577. The highest BCUT2D eigenvalue weighted by molar-refractivity contribution is 6.04. The van der Waals surface area contributed by atoms with Crippen molar-refractivity contribution in [1.29, 1.82) is 0 Å². The van der Waals surface area contributed by atoms with Gasteiger partial charge in [-0.25, -0.2) is 9.97 Å². The monoisotopic (exact) mass is 492 g/mol. The number of piperazine rings is 1. The molecule has 188 valence electrons. The van der Waals surface area contributed by atoms with Crippen LogP contribution in [-0.2, 0) is 6.42 Å². The number of anilines is 2. The summed E-state index contributed by atoms with van der Waals surface area (Å²) in [5.41, 5.74) is 6.50. The minimum Gasteiger partial charge on any atom is -0.369 e. The quantitative estimate of drug-likeness (QED) is 0.398. The molecule has 0 saturated carbocycles. The Morgan fingerprint density at radius 3 is 2.51 bits per heavy atom. The van der Waals surface area contributed by atoms with Gasteiger partial charge in [-0.2, -0.15) is 0 Å². The molecule has 0 aliphatic carbocycles. The Morgan fingerprint density at radius 2 is 1.78 bits per heavy atom. The summed E-state index contributed by atoms with van der Waals surface area (Å²) in [6, 6.07) is 19.7. The van der Waals surface area contributed by atoms with Crippen LogP contribution < -0.4 is 10.2 Å². The lowest BCUT2D eigenvalue weighted by atomic mass is 10.0. The topological polar surface area (TPSA) is 74.2 Å². The second kappa shape index (κ2) is 11.3. The Kier molecular flexibility index (Phi) is 7.51. The van der Waals surface area contributed by atoms with E-state index in [-0.39, 0.29) is 5.91 Å². The molecule has 1 amide bonds. The number of nitrogens with zero attached hydrogens (tertiary/aromatic N) is 5. The highest BCUT2D eigenvalue weighted by Crippen LogP contribution is 2.22. The van der Waals surface area contributed by atoms with Crippen molar-refractivity contribution in [2.24, 2.45) is 0 Å². The van der Waals surface area contributed by atoms with Crippen LogP contribution in [0.1, 0.15) is 34.2 Å². The van der Waals surface area contributed by atoms with Crippen LogP contribution in [0, 0.1) is 6.92 Å². The maximum Gasteiger partial charge on any atom is 0.255 e. The van der Waals surface area contributed by atoms with Gasteiger partial charge in [-0.1, -0.05) is 13.0 Å². The molecule has 7 nitrogen and oxygen atoms in total. The molecule has 1 fully saturated rings. The van der Waals surface area contributed by atoms with E-state index in [0.717, 1.165) is 60.8 Å². The highest BCUT2D eigenvalue weighted by atomic mass is 16.1. The average molecular weight is 493 g/mol. The zero-order valence-electron chi connectivity index (χ0n) is 21.4. The number of nitrogens with one attached hydrogen (secondary N) is 1. The summed E-state index contributed by atoms with van der Waals surface area (Å²) in [4.78, 5) is 31.3. The van der Waals surface area contributed by atoms with E-state index >= 15 is 0 Å². The number of benzene rings is 2. The molecule has 7 heteroatoms. The van der Waals surface area contributed by atoms with E-state index in [2.05, 4.69) is 44.1 Å². The third-order valence-corrected chi connectivity index (χ3v) is 6.93. The summed E-state index contributed by atoms with van der Waals surface area (Å²) in [5, 5.41) is 3.04. The van der Waals surface area contributed by atoms with Crippen LogP contribution in [0.5, 0.6) is 0 Å². The largest absolute Gasteiger partial charge is 0.369 e. The molecule has 0 radical (unpaired) electrons. The molecule has 0 unspecified atom stereocenters. The van der Waals surface area contributed by atoms with Gasteiger partial charge in [-0.3, -0.25) is 9.78 Å². The minimum absolute atomic E-state index is 0.129. The first-order chi connectivity index (χ1) is 18.1. The number of rotatable bonds is 7. The molecule has 3 heterocycles. The zero-order valence-corrected chi connectivity index (χ0v) is 21.4. The van der Waals surface area contributed by atoms with Crippen molar-refractivity contribution in [3.63, 3.8) is 0 Å². The van der Waals surface area contributed by atoms with Crippen molar-refractivity contribution < 1.29 is 4.79 Å². The molecule has 0 bridgehead atoms. The smallest absolute Gasteiger partial charge is 0.255 e. The van der Waals surface area contributed by atoms with E-state index < -0.39 is 0 Å². The van der Waals surface area contributed by atoms with Gasteiger partial charge in [0.15, 0.2) is 0 Å². The zero-order chi connectivity index (χ0) is 25.6. The van der Waals surface area contributed by atoms with Gasteiger partial charge in [0.05, 0.1) is 5.69 Å². The van der Waals surface area contributed by atoms with E-state index in [1.165, 1.54) is 5.69 Å². The molecule has 37 heavy (non-hydrogen) atoms. The van der Waals surface area contributed by atoms with Gasteiger partial charge < -0.3 is 15.1 Å². The fourth-order valence-corrected chi connectivity index (χ4v) is 4.61. The van der Waals surface area contributed by atoms with Crippen molar-refractivity contribution in [2.75, 3.05) is 42.9 Å². The predicted molar refractivity (Wildman–Crippen MR) is 148 cm³/mol. The minimum atomic E-state index is -0.129. The second-order valence-electron chi connectivity index (χ2n) is 9.34. The Hall–Kier alpha value is -4.10. The third-order valence-electron chi connectivity index (χ3n) is 6.93. The van der Waals surface area contributed by atoms with Crippen molar-refractivity contribution in [1.82, 2.24) is 19.9 Å². The lowest BCUT2D eigenvalue weighted by Gasteiger charge is -2.35. The molecule has 2 aromatic heterocycles. The summed E-state index contributed by atoms with van der Waals surface area (Å²) >= 11 is 0. The Balaban J connectivity index is 1.25. The molecule has 1 saturated heterocycles. The first kappa shape index (κ1) is 24.6. The summed E-state index contributed by atoms with van der Waals surface area (Å²) in [6.45, 7) is 9.58. The number of aromatic nitrogens is 3. The fourth-order valence-electron chi connectivity index (χ4n) is 4.61. The van der Waals surface area contributed by atoms with Gasteiger partial charge in [-0.05, 0) is 79.2 Å². The number of carbonyl (C=O) groups excluding carboxylic acids is 1. The third kappa shape index (κ3) is 6.01. The average Bonchev–Trinajstić information content (AvgIpc) is 2.95. The van der Waals surface area contributed by atoms with Gasteiger partial charge in [0.25, 0.3) is 5.91 Å². The molecule has 1 aliphatic rings. The lowest BCUT2D eigenvalue weighted by Crippen LogP contribution is -2.46. The van der Waals surface area contributed by atoms with Crippen molar-refractivity contribution in [2.45, 2.75) is 20.3 Å². The molecule has 0 spiro atoms. The van der Waals surface area contributed by atoms with E-state index in [1.54, 1.807) is 18.6 Å². The van der Waals surface area contributed by atoms with Gasteiger partial charge in [0, 0.05) is 73.7 Å². The van der Waals surface area contributed by atoms with Crippen LogP contribution in [0.25, 0.3) is 11.3 Å². The van der Waals surface area contributed by atoms with Crippen LogP contribution >= 0.6 is 0 Å². The first-order valence-corrected chi connectivity index (χ1v) is 12.8. The molecular formula is C30H32N6O. The predicted octanol–water partition coefficient (Wildman–Crippen LogP) is 4.83. The second-order valence-corrected chi connectivity index (χ2v) is 9.34. The van der Waals surface area contributed by atoms with E-state index in [0.29, 0.717) is 17.8 Å². The maximum absolute atomic E-state index is 13.1. The summed E-state index contributed by atoms with van der Waals surface area (Å²) in [7, 11) is 0. The van der Waals surface area contributed by atoms with Crippen LogP contribution in [-0.4, -0.2) is 58.5 Å². The lowest BCUT2D eigenvalue weighted by molar-refractivity contribution is 0.102. The van der Waals surface area contributed by atoms with Gasteiger partial charge in [0.1, 0.15) is 5.82 Å². The number of aryl methyl sites for hydroxylation is 1. The molecule has 1 aliphatic heterocycles. The number of likely N-dealkylation sites (N-methyl/N-ethyl adjacent to an activating group) is 1. The highest BCUT2D eigenvalue weighted by Gasteiger charge is 2.16. The summed E-state index contributed by atoms with van der Waals surface area (Å²) in [6.07, 6.45) is 5.85. The Morgan fingerprint density at radius 1 is 0.973 bits per heavy atom. The number of carbonyl (C=O) groups is 1. The van der Waals surface area contributed by atoms with Gasteiger partial charge >= 0.3 is 0 Å². The molecule has 4 aromatic rings. The van der Waals surface area contributed by atoms with Crippen LogP contribution in [0.3, 0.4) is 0 Å². The fraction of sp³-hybridized carbons (Fsp3) is 0.267. The molecular weight excluding hydrogens is 460 g/mol. The van der Waals surface area contributed by atoms with Gasteiger partial charge in [-0.15, -0.1) is 0 Å². The Bertz CT molecular complexity index is 1350. The normalized spacial score (nSPS) is 13.9. The van der Waals surface area contributed by atoms with Crippen LogP contribution in [0.2, 0.25) is 0 Å². The standard InChI is InChI=1S/C30H32N6O/c1-3-35-15-17-36(18-16-35)27-10-8-26(9-11-27)33-30(37)23-7-6-22(2)25(19-23)20-29-32-14-12-28(34-29)24-5-4-13-31-21-24/h4-14,19,21H,3,15-18,20H2,1-2H3,(H,33,37).